The molecular weight excluding hydrogens is 342 g/mol. The molecule has 0 aliphatic carbocycles. The Bertz CT molecular complexity index is 1060. The fraction of sp³-hybridized carbons (Fsp3) is 0.0455. The number of benzene rings is 2. The van der Waals surface area contributed by atoms with Crippen molar-refractivity contribution in [1.29, 1.82) is 0 Å². The summed E-state index contributed by atoms with van der Waals surface area (Å²) in [7, 11) is 1.46. The van der Waals surface area contributed by atoms with E-state index in [1.807, 2.05) is 30.5 Å². The Kier molecular flexibility index (Phi) is 5.42. The van der Waals surface area contributed by atoms with Gasteiger partial charge in [0.1, 0.15) is 5.76 Å². The second kappa shape index (κ2) is 8.10. The predicted octanol–water partition coefficient (Wildman–Crippen LogP) is 4.62. The van der Waals surface area contributed by atoms with Crippen molar-refractivity contribution in [2.75, 3.05) is 7.11 Å². The average molecular weight is 361 g/mol. The first-order valence-electron chi connectivity index (χ1n) is 8.31. The molecule has 0 amide bonds. The molecule has 1 heterocycles. The molecule has 0 atom stereocenters. The van der Waals surface area contributed by atoms with Gasteiger partial charge in [-0.2, -0.15) is 0 Å². The molecule has 0 spiro atoms. The Balaban J connectivity index is 1.69. The van der Waals surface area contributed by atoms with E-state index in [1.54, 1.807) is 24.3 Å². The number of para-hydroxylation sites is 1. The molecule has 3 N–H and O–H groups in total. The molecule has 0 bridgehead atoms. The van der Waals surface area contributed by atoms with Crippen LogP contribution >= 0.6 is 0 Å². The molecule has 0 unspecified atom stereocenters. The van der Waals surface area contributed by atoms with Crippen LogP contribution in [0.15, 0.2) is 72.6 Å². The van der Waals surface area contributed by atoms with Crippen LogP contribution in [-0.4, -0.2) is 28.1 Å². The van der Waals surface area contributed by atoms with Gasteiger partial charge < -0.3 is 19.9 Å². The second-order valence-corrected chi connectivity index (χ2v) is 5.86. The number of rotatable bonds is 6. The topological polar surface area (TPSA) is 82.5 Å². The number of allylic oxidation sites excluding steroid dienone is 3. The summed E-state index contributed by atoms with van der Waals surface area (Å²) in [5.74, 6) is -0.133. The van der Waals surface area contributed by atoms with Gasteiger partial charge in [-0.05, 0) is 47.6 Å². The van der Waals surface area contributed by atoms with E-state index >= 15 is 0 Å². The highest BCUT2D eigenvalue weighted by atomic mass is 16.5. The number of aromatic amines is 1. The molecular formula is C22H19NO4. The van der Waals surface area contributed by atoms with Crippen LogP contribution < -0.4 is 4.74 Å². The summed E-state index contributed by atoms with van der Waals surface area (Å²) in [4.78, 5) is 15.2. The number of fused-ring (bicyclic) bond motifs is 1. The van der Waals surface area contributed by atoms with Crippen molar-refractivity contribution in [3.8, 4) is 11.5 Å². The Hall–Kier alpha value is -3.73. The largest absolute Gasteiger partial charge is 0.508 e. The number of ketones is 1. The van der Waals surface area contributed by atoms with E-state index in [4.69, 9.17) is 4.74 Å². The van der Waals surface area contributed by atoms with Crippen LogP contribution in [0.4, 0.5) is 0 Å². The third kappa shape index (κ3) is 4.46. The van der Waals surface area contributed by atoms with E-state index in [-0.39, 0.29) is 17.3 Å². The number of carbonyl (C=O) groups excluding carboxylic acids is 1. The third-order valence-electron chi connectivity index (χ3n) is 3.99. The molecule has 0 saturated heterocycles. The Morgan fingerprint density at radius 1 is 1.11 bits per heavy atom. The summed E-state index contributed by atoms with van der Waals surface area (Å²) in [5.41, 5.74) is 2.61. The van der Waals surface area contributed by atoms with Crippen molar-refractivity contribution in [2.24, 2.45) is 0 Å². The van der Waals surface area contributed by atoms with Crippen molar-refractivity contribution in [2.45, 2.75) is 0 Å². The average Bonchev–Trinajstić information content (AvgIpc) is 3.09. The quantitative estimate of drug-likeness (QED) is 0.340. The normalized spacial score (nSPS) is 12.3. The maximum absolute atomic E-state index is 12.0. The molecule has 3 rings (SSSR count). The van der Waals surface area contributed by atoms with Crippen LogP contribution in [-0.2, 0) is 4.79 Å². The zero-order chi connectivity index (χ0) is 19.2. The van der Waals surface area contributed by atoms with Crippen LogP contribution in [0.2, 0.25) is 0 Å². The number of carbonyl (C=O) groups is 1. The monoisotopic (exact) mass is 361 g/mol. The number of aliphatic hydroxyl groups is 1. The van der Waals surface area contributed by atoms with Crippen molar-refractivity contribution in [3.63, 3.8) is 0 Å². The van der Waals surface area contributed by atoms with Gasteiger partial charge in [0.05, 0.1) is 7.11 Å². The summed E-state index contributed by atoms with van der Waals surface area (Å²) in [6, 6.07) is 12.6. The number of aliphatic hydroxyl groups excluding tert-OH is 1. The number of phenols is 1. The fourth-order valence-electron chi connectivity index (χ4n) is 2.63. The minimum atomic E-state index is -0.328. The molecule has 0 fully saturated rings. The summed E-state index contributed by atoms with van der Waals surface area (Å²) < 4.78 is 5.03. The predicted molar refractivity (Wildman–Crippen MR) is 107 cm³/mol. The second-order valence-electron chi connectivity index (χ2n) is 5.86. The number of hydrogen-bond acceptors (Lipinski definition) is 4. The van der Waals surface area contributed by atoms with E-state index in [1.165, 1.54) is 25.3 Å². The number of hydrogen-bond donors (Lipinski definition) is 3. The smallest absolute Gasteiger partial charge is 0.182 e. The molecule has 0 aliphatic rings. The minimum absolute atomic E-state index is 0.0343. The van der Waals surface area contributed by atoms with E-state index in [2.05, 4.69) is 4.98 Å². The lowest BCUT2D eigenvalue weighted by atomic mass is 10.1. The minimum Gasteiger partial charge on any atom is -0.508 e. The summed E-state index contributed by atoms with van der Waals surface area (Å²) in [6.45, 7) is 0. The van der Waals surface area contributed by atoms with Gasteiger partial charge in [0, 0.05) is 23.2 Å². The molecule has 2 aromatic carbocycles. The zero-order valence-corrected chi connectivity index (χ0v) is 14.7. The van der Waals surface area contributed by atoms with Crippen LogP contribution in [0.5, 0.6) is 11.5 Å². The van der Waals surface area contributed by atoms with Crippen LogP contribution in [0, 0.1) is 0 Å². The first-order chi connectivity index (χ1) is 13.1. The SMILES string of the molecule is COc1cc(/C=C/C(O)=CC(=O)/C=C/c2c[nH]c3ccccc23)ccc1O. The summed E-state index contributed by atoms with van der Waals surface area (Å²) in [5, 5.41) is 20.5. The number of nitrogens with one attached hydrogen (secondary N) is 1. The van der Waals surface area contributed by atoms with E-state index in [9.17, 15) is 15.0 Å². The van der Waals surface area contributed by atoms with Gasteiger partial charge in [-0.1, -0.05) is 30.3 Å². The van der Waals surface area contributed by atoms with Crippen LogP contribution in [0.3, 0.4) is 0 Å². The van der Waals surface area contributed by atoms with Gasteiger partial charge in [0.25, 0.3) is 0 Å². The molecule has 0 radical (unpaired) electrons. The molecule has 1 aromatic heterocycles. The molecule has 5 heteroatoms. The lowest BCUT2D eigenvalue weighted by Crippen LogP contribution is -1.88. The first kappa shape index (κ1) is 18.1. The highest BCUT2D eigenvalue weighted by Gasteiger charge is 2.02. The lowest BCUT2D eigenvalue weighted by Gasteiger charge is -2.03. The molecule has 27 heavy (non-hydrogen) atoms. The van der Waals surface area contributed by atoms with Gasteiger partial charge in [-0.3, -0.25) is 4.79 Å². The number of phenolic OH excluding ortho intramolecular Hbond substituents is 1. The molecule has 0 saturated carbocycles. The Morgan fingerprint density at radius 2 is 1.93 bits per heavy atom. The van der Waals surface area contributed by atoms with Crippen LogP contribution in [0.1, 0.15) is 11.1 Å². The molecule has 0 aliphatic heterocycles. The highest BCUT2D eigenvalue weighted by molar-refractivity contribution is 6.04. The van der Waals surface area contributed by atoms with Gasteiger partial charge in [-0.15, -0.1) is 0 Å². The zero-order valence-electron chi connectivity index (χ0n) is 14.7. The Labute approximate surface area is 156 Å². The molecule has 136 valence electrons. The van der Waals surface area contributed by atoms with E-state index < -0.39 is 0 Å². The maximum Gasteiger partial charge on any atom is 0.182 e. The number of aromatic hydroxyl groups is 1. The van der Waals surface area contributed by atoms with Gasteiger partial charge in [0.2, 0.25) is 0 Å². The standard InChI is InChI=1S/C22H19NO4/c1-27-22-12-15(7-11-21(22)26)6-9-17(24)13-18(25)10-8-16-14-23-20-5-3-2-4-19(16)20/h2-14,23-24,26H,1H3/b9-6+,10-8+,17-13?. The number of H-pyrrole nitrogens is 1. The molecule has 5 nitrogen and oxygen atoms in total. The van der Waals surface area contributed by atoms with Crippen molar-refractivity contribution >= 4 is 28.8 Å². The number of methoxy groups -OCH3 is 1. The lowest BCUT2D eigenvalue weighted by molar-refractivity contribution is -0.110. The first-order valence-corrected chi connectivity index (χ1v) is 8.31. The van der Waals surface area contributed by atoms with E-state index in [0.717, 1.165) is 22.5 Å². The number of ether oxygens (including phenoxy) is 1. The fourth-order valence-corrected chi connectivity index (χ4v) is 2.63. The van der Waals surface area contributed by atoms with Crippen molar-refractivity contribution in [3.05, 3.63) is 83.8 Å². The molecule has 3 aromatic rings. The van der Waals surface area contributed by atoms with Gasteiger partial charge in [0.15, 0.2) is 17.3 Å². The van der Waals surface area contributed by atoms with Crippen molar-refractivity contribution in [1.82, 2.24) is 4.98 Å². The van der Waals surface area contributed by atoms with Gasteiger partial charge >= 0.3 is 0 Å². The Morgan fingerprint density at radius 3 is 2.74 bits per heavy atom. The maximum atomic E-state index is 12.0. The highest BCUT2D eigenvalue weighted by Crippen LogP contribution is 2.26. The summed E-state index contributed by atoms with van der Waals surface area (Å²) in [6.07, 6.45) is 9.10. The number of aromatic nitrogens is 1. The summed E-state index contributed by atoms with van der Waals surface area (Å²) >= 11 is 0. The van der Waals surface area contributed by atoms with Crippen LogP contribution in [0.25, 0.3) is 23.1 Å². The van der Waals surface area contributed by atoms with Crippen molar-refractivity contribution < 1.29 is 19.7 Å². The third-order valence-corrected chi connectivity index (χ3v) is 3.99. The van der Waals surface area contributed by atoms with Gasteiger partial charge in [-0.25, -0.2) is 0 Å². The van der Waals surface area contributed by atoms with E-state index in [0.29, 0.717) is 11.3 Å².